The minimum atomic E-state index is -4.28. The highest BCUT2D eigenvalue weighted by Crippen LogP contribution is 2.12. The normalized spacial score (nSPS) is 12.6. The number of carbonyl (C=O) groups excluding carboxylic acids is 1. The summed E-state index contributed by atoms with van der Waals surface area (Å²) >= 11 is 0. The third-order valence-electron chi connectivity index (χ3n) is 3.05. The zero-order valence-corrected chi connectivity index (χ0v) is 13.0. The van der Waals surface area contributed by atoms with Crippen molar-refractivity contribution in [1.29, 1.82) is 0 Å². The maximum atomic E-state index is 12.2. The molecule has 3 N–H and O–H groups in total. The predicted molar refractivity (Wildman–Crippen MR) is 80.4 cm³/mol. The van der Waals surface area contributed by atoms with E-state index in [1.54, 1.807) is 24.3 Å². The Labute approximate surface area is 129 Å². The summed E-state index contributed by atoms with van der Waals surface area (Å²) in [6.45, 7) is 1.96. The monoisotopic (exact) mass is 329 g/mol. The number of nitrogens with one attached hydrogen (secondary N) is 1. The van der Waals surface area contributed by atoms with E-state index >= 15 is 0 Å². The van der Waals surface area contributed by atoms with Gasteiger partial charge in [0.25, 0.3) is 16.0 Å². The third kappa shape index (κ3) is 5.82. The van der Waals surface area contributed by atoms with Crippen LogP contribution >= 0.6 is 0 Å². The van der Waals surface area contributed by atoms with Gasteiger partial charge in [-0.3, -0.25) is 9.35 Å². The van der Waals surface area contributed by atoms with E-state index in [0.29, 0.717) is 12.0 Å². The van der Waals surface area contributed by atoms with Gasteiger partial charge in [0.15, 0.2) is 0 Å². The molecule has 122 valence electrons. The summed E-state index contributed by atoms with van der Waals surface area (Å²) in [6.07, 6.45) is 1.09. The molecule has 0 saturated carbocycles. The lowest BCUT2D eigenvalue weighted by Gasteiger charge is -2.15. The zero-order chi connectivity index (χ0) is 16.8. The summed E-state index contributed by atoms with van der Waals surface area (Å²) in [5.41, 5.74) is 1.16. The number of aliphatic carboxylic acids is 1. The van der Waals surface area contributed by atoms with Crippen LogP contribution in [0.4, 0.5) is 0 Å². The second-order valence-corrected chi connectivity index (χ2v) is 6.42. The van der Waals surface area contributed by atoms with Gasteiger partial charge in [0.05, 0.1) is 5.75 Å². The molecule has 8 heteroatoms. The highest BCUT2D eigenvalue weighted by atomic mass is 32.2. The Hall–Kier alpha value is -1.93. The van der Waals surface area contributed by atoms with Crippen LogP contribution in [0.2, 0.25) is 0 Å². The number of rotatable bonds is 8. The van der Waals surface area contributed by atoms with Crippen molar-refractivity contribution in [3.8, 4) is 0 Å². The average Bonchev–Trinajstić information content (AvgIpc) is 2.42. The van der Waals surface area contributed by atoms with Crippen LogP contribution in [0.15, 0.2) is 24.3 Å². The van der Waals surface area contributed by atoms with Gasteiger partial charge in [0.1, 0.15) is 6.04 Å². The lowest BCUT2D eigenvalue weighted by atomic mass is 10.0. The van der Waals surface area contributed by atoms with Gasteiger partial charge < -0.3 is 10.4 Å². The molecule has 0 aliphatic heterocycles. The van der Waals surface area contributed by atoms with Gasteiger partial charge in [-0.25, -0.2) is 4.79 Å². The van der Waals surface area contributed by atoms with Gasteiger partial charge >= 0.3 is 5.97 Å². The zero-order valence-electron chi connectivity index (χ0n) is 12.2. The molecule has 0 aliphatic rings. The summed E-state index contributed by atoms with van der Waals surface area (Å²) in [7, 11) is -4.28. The minimum Gasteiger partial charge on any atom is -0.480 e. The van der Waals surface area contributed by atoms with Gasteiger partial charge in [-0.1, -0.05) is 31.5 Å². The molecule has 22 heavy (non-hydrogen) atoms. The van der Waals surface area contributed by atoms with E-state index in [-0.39, 0.29) is 0 Å². The SMILES string of the molecule is CCCc1ccccc1C(=O)N[C@@H](CCS(=O)(=O)O)C(=O)O. The van der Waals surface area contributed by atoms with E-state index in [4.69, 9.17) is 9.66 Å². The van der Waals surface area contributed by atoms with Crippen molar-refractivity contribution in [1.82, 2.24) is 5.32 Å². The topological polar surface area (TPSA) is 121 Å². The van der Waals surface area contributed by atoms with E-state index in [1.807, 2.05) is 6.92 Å². The molecule has 0 aromatic heterocycles. The first-order chi connectivity index (χ1) is 10.2. The minimum absolute atomic E-state index is 0.363. The van der Waals surface area contributed by atoms with Crippen molar-refractivity contribution in [2.75, 3.05) is 5.75 Å². The molecule has 0 bridgehead atoms. The lowest BCUT2D eigenvalue weighted by Crippen LogP contribution is -2.42. The molecule has 0 fully saturated rings. The molecule has 1 amide bonds. The Balaban J connectivity index is 2.85. The van der Waals surface area contributed by atoms with Crippen molar-refractivity contribution in [2.24, 2.45) is 0 Å². The van der Waals surface area contributed by atoms with E-state index in [9.17, 15) is 18.0 Å². The molecule has 0 heterocycles. The van der Waals surface area contributed by atoms with Crippen LogP contribution in [-0.4, -0.2) is 41.7 Å². The molecule has 7 nitrogen and oxygen atoms in total. The van der Waals surface area contributed by atoms with Gasteiger partial charge in [0, 0.05) is 5.56 Å². The molecular weight excluding hydrogens is 310 g/mol. The lowest BCUT2D eigenvalue weighted by molar-refractivity contribution is -0.139. The van der Waals surface area contributed by atoms with Gasteiger partial charge in [-0.15, -0.1) is 0 Å². The second kappa shape index (κ2) is 7.90. The van der Waals surface area contributed by atoms with Crippen LogP contribution in [0.25, 0.3) is 0 Å². The molecule has 1 aromatic carbocycles. The fraction of sp³-hybridized carbons (Fsp3) is 0.429. The van der Waals surface area contributed by atoms with Crippen molar-refractivity contribution in [3.05, 3.63) is 35.4 Å². The standard InChI is InChI=1S/C14H19NO6S/c1-2-5-10-6-3-4-7-11(10)13(16)15-12(14(17)18)8-9-22(19,20)21/h3-4,6-7,12H,2,5,8-9H2,1H3,(H,15,16)(H,17,18)(H,19,20,21)/t12-/m0/s1. The Morgan fingerprint density at radius 2 is 1.91 bits per heavy atom. The molecule has 0 aliphatic carbocycles. The van der Waals surface area contributed by atoms with Crippen LogP contribution in [-0.2, 0) is 21.3 Å². The predicted octanol–water partition coefficient (Wildman–Crippen LogP) is 1.10. The van der Waals surface area contributed by atoms with Crippen molar-refractivity contribution in [3.63, 3.8) is 0 Å². The smallest absolute Gasteiger partial charge is 0.326 e. The fourth-order valence-corrected chi connectivity index (χ4v) is 2.52. The number of carbonyl (C=O) groups is 2. The van der Waals surface area contributed by atoms with Crippen molar-refractivity contribution < 1.29 is 27.7 Å². The maximum absolute atomic E-state index is 12.2. The number of hydrogen-bond acceptors (Lipinski definition) is 4. The first kappa shape index (κ1) is 18.1. The first-order valence-electron chi connectivity index (χ1n) is 6.81. The molecule has 0 radical (unpaired) electrons. The fourth-order valence-electron chi connectivity index (χ4n) is 1.99. The Kier molecular flexibility index (Phi) is 6.51. The van der Waals surface area contributed by atoms with Crippen LogP contribution in [0, 0.1) is 0 Å². The summed E-state index contributed by atoms with van der Waals surface area (Å²) < 4.78 is 30.1. The van der Waals surface area contributed by atoms with Gasteiger partial charge in [-0.05, 0) is 24.5 Å². The molecule has 1 rings (SSSR count). The number of amides is 1. The Bertz CT molecular complexity index is 640. The highest BCUT2D eigenvalue weighted by molar-refractivity contribution is 7.85. The largest absolute Gasteiger partial charge is 0.480 e. The maximum Gasteiger partial charge on any atom is 0.326 e. The van der Waals surface area contributed by atoms with E-state index in [2.05, 4.69) is 5.32 Å². The Morgan fingerprint density at radius 1 is 1.27 bits per heavy atom. The molecule has 0 saturated heterocycles. The Morgan fingerprint density at radius 3 is 2.45 bits per heavy atom. The van der Waals surface area contributed by atoms with Crippen LogP contribution in [0.5, 0.6) is 0 Å². The number of hydrogen-bond donors (Lipinski definition) is 3. The molecular formula is C14H19NO6S. The number of carboxylic acids is 1. The van der Waals surface area contributed by atoms with Crippen LogP contribution in [0.3, 0.4) is 0 Å². The van der Waals surface area contributed by atoms with Gasteiger partial charge in [0.2, 0.25) is 0 Å². The number of aryl methyl sites for hydroxylation is 1. The van der Waals surface area contributed by atoms with Crippen molar-refractivity contribution in [2.45, 2.75) is 32.2 Å². The molecule has 0 spiro atoms. The molecule has 1 aromatic rings. The highest BCUT2D eigenvalue weighted by Gasteiger charge is 2.23. The summed E-state index contributed by atoms with van der Waals surface area (Å²) in [5.74, 6) is -2.67. The van der Waals surface area contributed by atoms with E-state index in [0.717, 1.165) is 12.0 Å². The quantitative estimate of drug-likeness (QED) is 0.614. The van der Waals surface area contributed by atoms with E-state index < -0.39 is 40.2 Å². The number of carboxylic acid groups (broad SMARTS) is 1. The second-order valence-electron chi connectivity index (χ2n) is 4.85. The average molecular weight is 329 g/mol. The number of benzene rings is 1. The van der Waals surface area contributed by atoms with Crippen LogP contribution in [0.1, 0.15) is 35.7 Å². The molecule has 1 atom stereocenters. The third-order valence-corrected chi connectivity index (χ3v) is 3.80. The van der Waals surface area contributed by atoms with Crippen molar-refractivity contribution >= 4 is 22.0 Å². The first-order valence-corrected chi connectivity index (χ1v) is 8.42. The summed E-state index contributed by atoms with van der Waals surface area (Å²) in [5, 5.41) is 11.3. The summed E-state index contributed by atoms with van der Waals surface area (Å²) in [4.78, 5) is 23.3. The summed E-state index contributed by atoms with van der Waals surface area (Å²) in [6, 6.07) is 5.44. The van der Waals surface area contributed by atoms with Crippen LogP contribution < -0.4 is 5.32 Å². The molecule has 0 unspecified atom stereocenters. The van der Waals surface area contributed by atoms with E-state index in [1.165, 1.54) is 0 Å². The van der Waals surface area contributed by atoms with Gasteiger partial charge in [-0.2, -0.15) is 8.42 Å².